The minimum Gasteiger partial charge on any atom is -0.497 e. The van der Waals surface area contributed by atoms with E-state index in [1.165, 1.54) is 43.6 Å². The van der Waals surface area contributed by atoms with Crippen LogP contribution < -0.4 is 24.0 Å². The van der Waals surface area contributed by atoms with E-state index in [1.54, 1.807) is 19.1 Å². The molecule has 1 N–H and O–H groups in total. The third-order valence-corrected chi connectivity index (χ3v) is 10.6. The van der Waals surface area contributed by atoms with Gasteiger partial charge in [-0.1, -0.05) is 23.7 Å². The largest absolute Gasteiger partial charge is 0.497 e. The van der Waals surface area contributed by atoms with E-state index in [2.05, 4.69) is 27.1 Å². The van der Waals surface area contributed by atoms with Crippen LogP contribution in [-0.2, 0) is 26.9 Å². The number of ether oxygens (including phenoxy) is 2. The van der Waals surface area contributed by atoms with Crippen LogP contribution in [0.5, 0.6) is 11.6 Å². The van der Waals surface area contributed by atoms with Crippen LogP contribution in [0.1, 0.15) is 23.6 Å². The molecule has 2 aliphatic rings. The number of rotatable bonds is 10. The number of aromatic nitrogens is 1. The summed E-state index contributed by atoms with van der Waals surface area (Å²) >= 11 is 6.34. The fourth-order valence-electron chi connectivity index (χ4n) is 6.05. The Bertz CT molecular complexity index is 1890. The maximum atomic E-state index is 15.1. The second-order valence-corrected chi connectivity index (χ2v) is 13.6. The van der Waals surface area contributed by atoms with Crippen LogP contribution in [0, 0.1) is 5.82 Å². The molecule has 1 atom stereocenters. The molecule has 1 aromatic heterocycles. The normalized spacial score (nSPS) is 18.4. The van der Waals surface area contributed by atoms with E-state index in [0.29, 0.717) is 10.1 Å². The van der Waals surface area contributed by atoms with Crippen molar-refractivity contribution in [3.8, 4) is 11.6 Å². The van der Waals surface area contributed by atoms with E-state index < -0.39 is 27.3 Å². The maximum Gasteiger partial charge on any atom is 0.270 e. The van der Waals surface area contributed by atoms with Gasteiger partial charge in [0, 0.05) is 61.8 Å². The predicted octanol–water partition coefficient (Wildman–Crippen LogP) is 4.80. The molecule has 2 aliphatic heterocycles. The molecule has 6 rings (SSSR count). The first-order valence-corrected chi connectivity index (χ1v) is 17.0. The van der Waals surface area contributed by atoms with Gasteiger partial charge in [-0.3, -0.25) is 10.1 Å². The summed E-state index contributed by atoms with van der Waals surface area (Å²) < 4.78 is 55.3. The van der Waals surface area contributed by atoms with Crippen molar-refractivity contribution >= 4 is 38.9 Å². The van der Waals surface area contributed by atoms with Crippen LogP contribution in [0.2, 0.25) is 5.02 Å². The number of hydrogen-bond donors (Lipinski definition) is 1. The number of carbonyl (C=O) groups excluding carboxylic acids is 1. The standard InChI is InChI=1S/C34H35ClFN5O5S/c1-4-46-32-27(6-5-15-37-32)34(38-22-23-7-9-24(10-8-23)40-18-16-39(2)17-19-40)28-20-29(35)30(36)21-31(28)41(33(34)42)47(43,44)26-13-11-25(45-3)12-14-26/h5-15,20-21,38H,4,16-19,22H2,1-3H3. The van der Waals surface area contributed by atoms with Crippen molar-refractivity contribution in [3.63, 3.8) is 0 Å². The average molecular weight is 680 g/mol. The summed E-state index contributed by atoms with van der Waals surface area (Å²) in [5.41, 5.74) is 0.288. The number of halogens is 2. The lowest BCUT2D eigenvalue weighted by molar-refractivity contribution is -0.121. The van der Waals surface area contributed by atoms with Gasteiger partial charge in [-0.2, -0.15) is 0 Å². The van der Waals surface area contributed by atoms with Crippen molar-refractivity contribution in [3.05, 3.63) is 107 Å². The molecule has 3 heterocycles. The van der Waals surface area contributed by atoms with E-state index in [9.17, 15) is 13.2 Å². The minimum absolute atomic E-state index is 0.122. The number of piperazine rings is 1. The van der Waals surface area contributed by atoms with Gasteiger partial charge in [0.15, 0.2) is 5.54 Å². The van der Waals surface area contributed by atoms with Gasteiger partial charge in [0.1, 0.15) is 11.6 Å². The van der Waals surface area contributed by atoms with Crippen molar-refractivity contribution in [2.24, 2.45) is 0 Å². The molecule has 13 heteroatoms. The first-order valence-electron chi connectivity index (χ1n) is 15.2. The van der Waals surface area contributed by atoms with Gasteiger partial charge in [-0.15, -0.1) is 0 Å². The Hall–Kier alpha value is -4.23. The van der Waals surface area contributed by atoms with Gasteiger partial charge in [0.2, 0.25) is 5.88 Å². The smallest absolute Gasteiger partial charge is 0.270 e. The van der Waals surface area contributed by atoms with Crippen molar-refractivity contribution in [2.45, 2.75) is 23.9 Å². The monoisotopic (exact) mass is 679 g/mol. The molecular formula is C34H35ClFN5O5S. The van der Waals surface area contributed by atoms with E-state index in [1.807, 2.05) is 24.3 Å². The average Bonchev–Trinajstić information content (AvgIpc) is 3.32. The summed E-state index contributed by atoms with van der Waals surface area (Å²) in [6.45, 7) is 5.92. The summed E-state index contributed by atoms with van der Waals surface area (Å²) in [5.74, 6) is -1.20. The molecule has 0 bridgehead atoms. The van der Waals surface area contributed by atoms with E-state index >= 15 is 4.39 Å². The lowest BCUT2D eigenvalue weighted by atomic mass is 9.83. The Morgan fingerprint density at radius 3 is 2.36 bits per heavy atom. The predicted molar refractivity (Wildman–Crippen MR) is 178 cm³/mol. The van der Waals surface area contributed by atoms with Gasteiger partial charge >= 0.3 is 0 Å². The van der Waals surface area contributed by atoms with Crippen molar-refractivity contribution < 1.29 is 27.1 Å². The molecule has 1 unspecified atom stereocenters. The summed E-state index contributed by atoms with van der Waals surface area (Å²) in [6, 6.07) is 19.1. The number of pyridine rings is 1. The molecule has 4 aromatic rings. The quantitative estimate of drug-likeness (QED) is 0.253. The third kappa shape index (κ3) is 5.91. The Balaban J connectivity index is 1.47. The summed E-state index contributed by atoms with van der Waals surface area (Å²) in [6.07, 6.45) is 1.52. The zero-order chi connectivity index (χ0) is 33.3. The minimum atomic E-state index is -4.56. The summed E-state index contributed by atoms with van der Waals surface area (Å²) in [4.78, 5) is 23.7. The van der Waals surface area contributed by atoms with Gasteiger partial charge in [0.05, 0.1) is 29.3 Å². The Labute approximate surface area is 278 Å². The Kier molecular flexibility index (Phi) is 9.12. The fourth-order valence-corrected chi connectivity index (χ4v) is 7.67. The molecule has 10 nitrogen and oxygen atoms in total. The van der Waals surface area contributed by atoms with Gasteiger partial charge in [-0.05, 0) is 74.1 Å². The SMILES string of the molecule is CCOc1ncccc1C1(NCc2ccc(N3CCN(C)CC3)cc2)C(=O)N(S(=O)(=O)c2ccc(OC)cc2)c2cc(F)c(Cl)cc21. The van der Waals surface area contributed by atoms with E-state index in [-0.39, 0.29) is 45.8 Å². The zero-order valence-corrected chi connectivity index (χ0v) is 27.8. The molecule has 0 aliphatic carbocycles. The number of nitrogens with one attached hydrogen (secondary N) is 1. The van der Waals surface area contributed by atoms with Gasteiger partial charge < -0.3 is 19.3 Å². The molecule has 0 saturated carbocycles. The molecule has 1 saturated heterocycles. The number of nitrogens with zero attached hydrogens (tertiary/aromatic N) is 4. The Morgan fingerprint density at radius 2 is 1.70 bits per heavy atom. The van der Waals surface area contributed by atoms with Gasteiger partial charge in [-0.25, -0.2) is 22.1 Å². The first kappa shape index (κ1) is 32.7. The number of amides is 1. The molecule has 246 valence electrons. The number of sulfonamides is 1. The fraction of sp³-hybridized carbons (Fsp3) is 0.294. The molecular weight excluding hydrogens is 645 g/mol. The molecule has 0 spiro atoms. The Morgan fingerprint density at radius 1 is 1.00 bits per heavy atom. The number of hydrogen-bond acceptors (Lipinski definition) is 9. The summed E-state index contributed by atoms with van der Waals surface area (Å²) in [5, 5.41) is 3.09. The van der Waals surface area contributed by atoms with Crippen LogP contribution in [0.3, 0.4) is 0 Å². The number of methoxy groups -OCH3 is 1. The lowest BCUT2D eigenvalue weighted by Crippen LogP contribution is -2.52. The molecule has 0 radical (unpaired) electrons. The highest BCUT2D eigenvalue weighted by Crippen LogP contribution is 2.50. The summed E-state index contributed by atoms with van der Waals surface area (Å²) in [7, 11) is -0.993. The highest BCUT2D eigenvalue weighted by atomic mass is 35.5. The van der Waals surface area contributed by atoms with Crippen molar-refractivity contribution in [1.29, 1.82) is 0 Å². The lowest BCUT2D eigenvalue weighted by Gasteiger charge is -2.34. The van der Waals surface area contributed by atoms with Crippen molar-refractivity contribution in [1.82, 2.24) is 15.2 Å². The first-order chi connectivity index (χ1) is 22.6. The topological polar surface area (TPSA) is 104 Å². The number of benzene rings is 3. The highest BCUT2D eigenvalue weighted by molar-refractivity contribution is 7.93. The molecule has 47 heavy (non-hydrogen) atoms. The van der Waals surface area contributed by atoms with Crippen LogP contribution >= 0.6 is 11.6 Å². The van der Waals surface area contributed by atoms with Crippen molar-refractivity contribution in [2.75, 3.05) is 56.1 Å². The molecule has 1 amide bonds. The highest BCUT2D eigenvalue weighted by Gasteiger charge is 2.57. The number of carbonyl (C=O) groups is 1. The molecule has 1 fully saturated rings. The number of anilines is 2. The van der Waals surface area contributed by atoms with Crippen LogP contribution in [0.4, 0.5) is 15.8 Å². The molecule has 3 aromatic carbocycles. The van der Waals surface area contributed by atoms with Crippen LogP contribution in [0.25, 0.3) is 0 Å². The van der Waals surface area contributed by atoms with Gasteiger partial charge in [0.25, 0.3) is 15.9 Å². The second kappa shape index (κ2) is 13.1. The second-order valence-electron chi connectivity index (χ2n) is 11.4. The maximum absolute atomic E-state index is 15.1. The van der Waals surface area contributed by atoms with Crippen LogP contribution in [0.15, 0.2) is 83.9 Å². The number of likely N-dealkylation sites (N-methyl/N-ethyl adjacent to an activating group) is 1. The van der Waals surface area contributed by atoms with Crippen LogP contribution in [-0.4, -0.2) is 71.2 Å². The van der Waals surface area contributed by atoms with E-state index in [0.717, 1.165) is 43.5 Å². The zero-order valence-electron chi connectivity index (χ0n) is 26.2. The third-order valence-electron chi connectivity index (χ3n) is 8.58. The van der Waals surface area contributed by atoms with E-state index in [4.69, 9.17) is 21.1 Å². The number of fused-ring (bicyclic) bond motifs is 1.